The molecule has 0 spiro atoms. The number of nitro groups is 1. The lowest BCUT2D eigenvalue weighted by Crippen LogP contribution is -2.66. The van der Waals surface area contributed by atoms with Crippen molar-refractivity contribution in [3.8, 4) is 0 Å². The molecule has 254 valence electrons. The molecule has 0 radical (unpaired) electrons. The molecule has 16 heteroatoms. The summed E-state index contributed by atoms with van der Waals surface area (Å²) in [6.07, 6.45) is -13.8. The second-order valence-electron chi connectivity index (χ2n) is 12.2. The molecule has 3 fully saturated rings. The molecular weight excluding hydrogens is 600 g/mol. The summed E-state index contributed by atoms with van der Waals surface area (Å²) in [5.41, 5.74) is 0.113. The molecule has 3 heterocycles. The highest BCUT2D eigenvalue weighted by Gasteiger charge is 2.53. The Morgan fingerprint density at radius 1 is 0.978 bits per heavy atom. The Morgan fingerprint density at radius 2 is 1.69 bits per heavy atom. The monoisotopic (exact) mass is 644 g/mol. The third-order valence-electron chi connectivity index (χ3n) is 7.44. The number of amides is 1. The van der Waals surface area contributed by atoms with Gasteiger partial charge in [0.25, 0.3) is 0 Å². The summed E-state index contributed by atoms with van der Waals surface area (Å²) in [5.74, 6) is 0. The number of aliphatic hydroxyl groups is 4. The fourth-order valence-electron chi connectivity index (χ4n) is 5.24. The Labute approximate surface area is 260 Å². The number of unbranched alkanes of at least 4 members (excludes halogenated alkanes) is 2. The Morgan fingerprint density at radius 3 is 2.38 bits per heavy atom. The van der Waals surface area contributed by atoms with Gasteiger partial charge in [0.2, 0.25) is 6.54 Å². The summed E-state index contributed by atoms with van der Waals surface area (Å²) in [6.45, 7) is 4.95. The Hall–Kier alpha value is -2.51. The molecule has 5 N–H and O–H groups in total. The molecule has 0 saturated carbocycles. The molecule has 1 amide bonds. The average molecular weight is 645 g/mol. The standard InChI is InChI=1S/C29H44N2O14/c1-29(2,3)45-28(36)30-12-8-5-9-13-39-26-21(34)19(32)23(17(41-26)14-31(37)38)44-27-22(35)20(33)24-18(42-27)15-40-25(43-24)16-10-6-4-7-11-16/h4,6-7,10-11,17-27,32-35H,5,8-9,12-15H2,1-3H3,(H,30,36)/t17?,18?,19-,20-,21?,22?,23-,24+,25?,26-,27+/m1/s1. The third-order valence-corrected chi connectivity index (χ3v) is 7.44. The van der Waals surface area contributed by atoms with Gasteiger partial charge >= 0.3 is 6.09 Å². The number of aliphatic hydroxyl groups excluding tert-OH is 4. The van der Waals surface area contributed by atoms with Gasteiger partial charge in [0.15, 0.2) is 25.0 Å². The SMILES string of the molecule is CC(C)(C)OC(=O)NCCCCCO[C@@H]1OC(C[N+](=O)[O-])[C@@H](O[C@@H]2OC3COC(c4ccccc4)O[C@@H]3[C@H](O)C2O)[C@H](O)C1O. The maximum absolute atomic E-state index is 11.7. The number of carbonyl (C=O) groups excluding carboxylic acids is 1. The van der Waals surface area contributed by atoms with Crippen LogP contribution in [-0.4, -0.2) is 125 Å². The molecule has 5 unspecified atom stereocenters. The van der Waals surface area contributed by atoms with Crippen LogP contribution in [0.2, 0.25) is 0 Å². The summed E-state index contributed by atoms with van der Waals surface area (Å²) in [4.78, 5) is 22.5. The molecule has 3 aliphatic heterocycles. The molecule has 0 aliphatic carbocycles. The number of carbonyl (C=O) groups is 1. The summed E-state index contributed by atoms with van der Waals surface area (Å²) < 4.78 is 39.6. The van der Waals surface area contributed by atoms with Crippen molar-refractivity contribution in [2.45, 2.75) is 113 Å². The zero-order chi connectivity index (χ0) is 32.7. The first-order valence-corrected chi connectivity index (χ1v) is 15.0. The van der Waals surface area contributed by atoms with Gasteiger partial charge < -0.3 is 58.9 Å². The van der Waals surface area contributed by atoms with Crippen LogP contribution in [0.5, 0.6) is 0 Å². The Kier molecular flexibility index (Phi) is 12.5. The molecule has 45 heavy (non-hydrogen) atoms. The van der Waals surface area contributed by atoms with Gasteiger partial charge in [-0.05, 0) is 40.0 Å². The van der Waals surface area contributed by atoms with Crippen LogP contribution in [0, 0.1) is 10.1 Å². The van der Waals surface area contributed by atoms with E-state index in [9.17, 15) is 35.3 Å². The number of hydrogen-bond donors (Lipinski definition) is 5. The topological polar surface area (TPSA) is 218 Å². The van der Waals surface area contributed by atoms with Crippen LogP contribution in [0.25, 0.3) is 0 Å². The minimum Gasteiger partial charge on any atom is -0.444 e. The van der Waals surface area contributed by atoms with Crippen LogP contribution in [0.4, 0.5) is 4.79 Å². The van der Waals surface area contributed by atoms with Crippen LogP contribution in [0.1, 0.15) is 51.9 Å². The first-order valence-electron chi connectivity index (χ1n) is 15.0. The van der Waals surface area contributed by atoms with Gasteiger partial charge in [-0.3, -0.25) is 10.1 Å². The normalized spacial score (nSPS) is 35.3. The highest BCUT2D eigenvalue weighted by molar-refractivity contribution is 5.67. The summed E-state index contributed by atoms with van der Waals surface area (Å²) in [6, 6.07) is 9.02. The Balaban J connectivity index is 1.28. The first-order chi connectivity index (χ1) is 21.3. The van der Waals surface area contributed by atoms with Crippen molar-refractivity contribution in [2.24, 2.45) is 0 Å². The largest absolute Gasteiger partial charge is 0.444 e. The molecule has 16 nitrogen and oxygen atoms in total. The lowest BCUT2D eigenvalue weighted by Gasteiger charge is -2.48. The van der Waals surface area contributed by atoms with Gasteiger partial charge in [-0.15, -0.1) is 0 Å². The number of alkyl carbamates (subject to hydrolysis) is 1. The highest BCUT2D eigenvalue weighted by Crippen LogP contribution is 2.36. The van der Waals surface area contributed by atoms with Crippen LogP contribution >= 0.6 is 0 Å². The molecule has 0 bridgehead atoms. The van der Waals surface area contributed by atoms with E-state index in [2.05, 4.69) is 5.32 Å². The average Bonchev–Trinajstić information content (AvgIpc) is 2.98. The fraction of sp³-hybridized carbons (Fsp3) is 0.759. The minimum absolute atomic E-state index is 0.0223. The van der Waals surface area contributed by atoms with E-state index in [1.807, 2.05) is 6.07 Å². The molecule has 3 aliphatic rings. The van der Waals surface area contributed by atoms with E-state index in [1.165, 1.54) is 0 Å². The lowest BCUT2D eigenvalue weighted by molar-refractivity contribution is -0.505. The number of hydrogen-bond acceptors (Lipinski definition) is 14. The van der Waals surface area contributed by atoms with Gasteiger partial charge in [0.05, 0.1) is 6.61 Å². The van der Waals surface area contributed by atoms with Crippen molar-refractivity contribution in [1.29, 1.82) is 0 Å². The van der Waals surface area contributed by atoms with E-state index in [-0.39, 0.29) is 13.2 Å². The highest BCUT2D eigenvalue weighted by atomic mass is 16.8. The second-order valence-corrected chi connectivity index (χ2v) is 12.2. The maximum Gasteiger partial charge on any atom is 0.407 e. The Bertz CT molecular complexity index is 1090. The molecule has 3 saturated heterocycles. The zero-order valence-corrected chi connectivity index (χ0v) is 25.5. The van der Waals surface area contributed by atoms with E-state index >= 15 is 0 Å². The summed E-state index contributed by atoms with van der Waals surface area (Å²) in [7, 11) is 0. The van der Waals surface area contributed by atoms with E-state index in [0.717, 1.165) is 0 Å². The van der Waals surface area contributed by atoms with Crippen molar-refractivity contribution in [3.05, 3.63) is 46.0 Å². The van der Waals surface area contributed by atoms with Crippen LogP contribution in [0.3, 0.4) is 0 Å². The van der Waals surface area contributed by atoms with Gasteiger partial charge in [-0.2, -0.15) is 0 Å². The first kappa shape index (κ1) is 35.3. The van der Waals surface area contributed by atoms with Crippen LogP contribution in [-0.2, 0) is 33.2 Å². The lowest BCUT2D eigenvalue weighted by atomic mass is 9.96. The van der Waals surface area contributed by atoms with Gasteiger partial charge in [0.1, 0.15) is 48.3 Å². The summed E-state index contributed by atoms with van der Waals surface area (Å²) >= 11 is 0. The number of benzene rings is 1. The predicted octanol–water partition coefficient (Wildman–Crippen LogP) is 0.368. The van der Waals surface area contributed by atoms with Crippen molar-refractivity contribution < 1.29 is 63.3 Å². The molecule has 1 aromatic rings. The number of rotatable bonds is 12. The van der Waals surface area contributed by atoms with E-state index < -0.39 is 90.9 Å². The smallest absolute Gasteiger partial charge is 0.407 e. The van der Waals surface area contributed by atoms with E-state index in [0.29, 0.717) is 31.4 Å². The van der Waals surface area contributed by atoms with Crippen molar-refractivity contribution in [3.63, 3.8) is 0 Å². The fourth-order valence-corrected chi connectivity index (χ4v) is 5.24. The van der Waals surface area contributed by atoms with Crippen LogP contribution in [0.15, 0.2) is 30.3 Å². The second kappa shape index (κ2) is 15.9. The van der Waals surface area contributed by atoms with Crippen molar-refractivity contribution in [2.75, 3.05) is 26.3 Å². The zero-order valence-electron chi connectivity index (χ0n) is 25.5. The van der Waals surface area contributed by atoms with Gasteiger partial charge in [0, 0.05) is 23.6 Å². The molecular formula is C29H44N2O14. The minimum atomic E-state index is -1.72. The van der Waals surface area contributed by atoms with Crippen LogP contribution < -0.4 is 5.32 Å². The molecule has 11 atom stereocenters. The number of ether oxygens (including phenoxy) is 7. The quantitative estimate of drug-likeness (QED) is 0.118. The predicted molar refractivity (Wildman–Crippen MR) is 152 cm³/mol. The number of nitrogens with one attached hydrogen (secondary N) is 1. The van der Waals surface area contributed by atoms with Crippen molar-refractivity contribution >= 4 is 6.09 Å². The van der Waals surface area contributed by atoms with Crippen molar-refractivity contribution in [1.82, 2.24) is 5.32 Å². The third kappa shape index (κ3) is 9.74. The summed E-state index contributed by atoms with van der Waals surface area (Å²) in [5, 5.41) is 57.4. The van der Waals surface area contributed by atoms with E-state index in [4.69, 9.17) is 33.2 Å². The molecule has 1 aromatic carbocycles. The number of nitrogens with zero attached hydrogens (tertiary/aromatic N) is 1. The van der Waals surface area contributed by atoms with E-state index in [1.54, 1.807) is 45.0 Å². The number of fused-ring (bicyclic) bond motifs is 1. The van der Waals surface area contributed by atoms with Gasteiger partial charge in [-0.25, -0.2) is 4.79 Å². The van der Waals surface area contributed by atoms with Gasteiger partial charge in [-0.1, -0.05) is 30.3 Å². The maximum atomic E-state index is 11.7. The molecule has 4 rings (SSSR count). The molecule has 0 aromatic heterocycles.